The molecule has 96 valence electrons. The average molecular weight is 247 g/mol. The van der Waals surface area contributed by atoms with E-state index in [2.05, 4.69) is 0 Å². The number of nitrogens with zero attached hydrogens (tertiary/aromatic N) is 1. The Balaban J connectivity index is 2.11. The van der Waals surface area contributed by atoms with E-state index in [9.17, 15) is 14.7 Å². The molecule has 0 bridgehead atoms. The molecule has 2 amide bonds. The van der Waals surface area contributed by atoms with E-state index in [0.29, 0.717) is 5.56 Å². The molecule has 1 fully saturated rings. The lowest BCUT2D eigenvalue weighted by atomic mass is 10.00. The number of hydrogen-bond donors (Lipinski definition) is 1. The van der Waals surface area contributed by atoms with Crippen molar-refractivity contribution in [3.05, 3.63) is 35.9 Å². The standard InChI is InChI=1S/C14H17NO3/c1-9-10(2)14(18)15(13(9)17)8-12(16)11-6-4-3-5-7-11/h3-7,9-10,12,16H,8H2,1-2H3. The first kappa shape index (κ1) is 12.8. The molecule has 1 N–H and O–H groups in total. The van der Waals surface area contributed by atoms with Gasteiger partial charge < -0.3 is 5.11 Å². The van der Waals surface area contributed by atoms with Gasteiger partial charge in [0.05, 0.1) is 12.6 Å². The van der Waals surface area contributed by atoms with Crippen LogP contribution in [0.1, 0.15) is 25.5 Å². The molecule has 1 aromatic rings. The molecule has 2 rings (SSSR count). The second-order valence-corrected chi connectivity index (χ2v) is 4.79. The molecule has 0 spiro atoms. The molecule has 1 aromatic carbocycles. The maximum atomic E-state index is 11.9. The third-order valence-corrected chi connectivity index (χ3v) is 3.60. The first-order chi connectivity index (χ1) is 8.52. The second kappa shape index (κ2) is 4.90. The number of amides is 2. The molecular formula is C14H17NO3. The summed E-state index contributed by atoms with van der Waals surface area (Å²) in [5, 5.41) is 10.0. The van der Waals surface area contributed by atoms with Crippen LogP contribution in [-0.4, -0.2) is 28.4 Å². The number of carbonyl (C=O) groups excluding carboxylic acids is 2. The van der Waals surface area contributed by atoms with Crippen molar-refractivity contribution in [3.63, 3.8) is 0 Å². The van der Waals surface area contributed by atoms with Crippen molar-refractivity contribution in [1.82, 2.24) is 4.90 Å². The van der Waals surface area contributed by atoms with Gasteiger partial charge in [-0.1, -0.05) is 44.2 Å². The molecule has 0 aliphatic carbocycles. The van der Waals surface area contributed by atoms with Crippen LogP contribution in [0.4, 0.5) is 0 Å². The van der Waals surface area contributed by atoms with Crippen LogP contribution in [0.5, 0.6) is 0 Å². The summed E-state index contributed by atoms with van der Waals surface area (Å²) in [6.07, 6.45) is -0.823. The first-order valence-corrected chi connectivity index (χ1v) is 6.10. The Hall–Kier alpha value is -1.68. The Morgan fingerprint density at radius 1 is 1.11 bits per heavy atom. The van der Waals surface area contributed by atoms with E-state index < -0.39 is 6.10 Å². The summed E-state index contributed by atoms with van der Waals surface area (Å²) in [5.41, 5.74) is 0.713. The minimum Gasteiger partial charge on any atom is -0.387 e. The quantitative estimate of drug-likeness (QED) is 0.820. The minimum absolute atomic E-state index is 0.0381. The second-order valence-electron chi connectivity index (χ2n) is 4.79. The fourth-order valence-electron chi connectivity index (χ4n) is 2.16. The van der Waals surface area contributed by atoms with E-state index in [0.717, 1.165) is 0 Å². The predicted molar refractivity (Wildman–Crippen MR) is 66.4 cm³/mol. The minimum atomic E-state index is -0.823. The molecule has 4 heteroatoms. The van der Waals surface area contributed by atoms with E-state index in [1.165, 1.54) is 4.90 Å². The van der Waals surface area contributed by atoms with E-state index in [1.54, 1.807) is 26.0 Å². The van der Waals surface area contributed by atoms with Crippen LogP contribution in [0, 0.1) is 11.8 Å². The zero-order chi connectivity index (χ0) is 13.3. The van der Waals surface area contributed by atoms with E-state index in [-0.39, 0.29) is 30.2 Å². The number of imide groups is 1. The van der Waals surface area contributed by atoms with Crippen molar-refractivity contribution >= 4 is 11.8 Å². The third-order valence-electron chi connectivity index (χ3n) is 3.60. The van der Waals surface area contributed by atoms with Gasteiger partial charge in [0.15, 0.2) is 0 Å². The molecule has 1 saturated heterocycles. The summed E-state index contributed by atoms with van der Waals surface area (Å²) in [7, 11) is 0. The Bertz CT molecular complexity index is 437. The highest BCUT2D eigenvalue weighted by atomic mass is 16.3. The summed E-state index contributed by atoms with van der Waals surface area (Å²) in [6.45, 7) is 3.54. The Morgan fingerprint density at radius 2 is 1.61 bits per heavy atom. The fourth-order valence-corrected chi connectivity index (χ4v) is 2.16. The number of rotatable bonds is 3. The van der Waals surface area contributed by atoms with Crippen LogP contribution in [0.3, 0.4) is 0 Å². The van der Waals surface area contributed by atoms with Gasteiger partial charge in [-0.25, -0.2) is 0 Å². The van der Waals surface area contributed by atoms with E-state index in [4.69, 9.17) is 0 Å². The maximum Gasteiger partial charge on any atom is 0.232 e. The van der Waals surface area contributed by atoms with Crippen LogP contribution in [0.2, 0.25) is 0 Å². The van der Waals surface area contributed by atoms with Gasteiger partial charge in [-0.3, -0.25) is 14.5 Å². The monoisotopic (exact) mass is 247 g/mol. The van der Waals surface area contributed by atoms with Gasteiger partial charge in [-0.05, 0) is 5.56 Å². The zero-order valence-corrected chi connectivity index (χ0v) is 10.5. The lowest BCUT2D eigenvalue weighted by Gasteiger charge is -2.19. The topological polar surface area (TPSA) is 57.6 Å². The Labute approximate surface area is 106 Å². The number of aliphatic hydroxyl groups excluding tert-OH is 1. The van der Waals surface area contributed by atoms with Crippen LogP contribution < -0.4 is 0 Å². The van der Waals surface area contributed by atoms with E-state index >= 15 is 0 Å². The smallest absolute Gasteiger partial charge is 0.232 e. The predicted octanol–water partition coefficient (Wildman–Crippen LogP) is 1.36. The molecule has 3 unspecified atom stereocenters. The van der Waals surface area contributed by atoms with Crippen LogP contribution in [-0.2, 0) is 9.59 Å². The number of carbonyl (C=O) groups is 2. The van der Waals surface area contributed by atoms with Crippen LogP contribution in [0.25, 0.3) is 0 Å². The summed E-state index contributed by atoms with van der Waals surface area (Å²) in [6, 6.07) is 9.05. The van der Waals surface area contributed by atoms with Crippen LogP contribution >= 0.6 is 0 Å². The molecule has 1 heterocycles. The number of β-amino-alcohol motifs (C(OH)–C–C–N with tert-alkyl or cyclic N) is 1. The highest BCUT2D eigenvalue weighted by Gasteiger charge is 2.42. The molecule has 1 aliphatic rings. The van der Waals surface area contributed by atoms with Gasteiger partial charge in [0, 0.05) is 11.8 Å². The maximum absolute atomic E-state index is 11.9. The average Bonchev–Trinajstić information content (AvgIpc) is 2.57. The highest BCUT2D eigenvalue weighted by molar-refractivity contribution is 6.04. The number of hydrogen-bond acceptors (Lipinski definition) is 3. The largest absolute Gasteiger partial charge is 0.387 e. The van der Waals surface area contributed by atoms with Gasteiger partial charge in [0.1, 0.15) is 0 Å². The van der Waals surface area contributed by atoms with Crippen molar-refractivity contribution in [2.24, 2.45) is 11.8 Å². The van der Waals surface area contributed by atoms with Crippen molar-refractivity contribution in [1.29, 1.82) is 0 Å². The van der Waals surface area contributed by atoms with Crippen LogP contribution in [0.15, 0.2) is 30.3 Å². The fraction of sp³-hybridized carbons (Fsp3) is 0.429. The van der Waals surface area contributed by atoms with Gasteiger partial charge in [0.2, 0.25) is 11.8 Å². The van der Waals surface area contributed by atoms with Crippen molar-refractivity contribution in [2.45, 2.75) is 20.0 Å². The van der Waals surface area contributed by atoms with Crippen molar-refractivity contribution in [3.8, 4) is 0 Å². The third kappa shape index (κ3) is 2.16. The van der Waals surface area contributed by atoms with Crippen molar-refractivity contribution < 1.29 is 14.7 Å². The molecule has 3 atom stereocenters. The molecule has 18 heavy (non-hydrogen) atoms. The lowest BCUT2D eigenvalue weighted by Crippen LogP contribution is -2.34. The summed E-state index contributed by atoms with van der Waals surface area (Å²) in [5.74, 6) is -0.967. The van der Waals surface area contributed by atoms with Gasteiger partial charge in [0.25, 0.3) is 0 Å². The number of aliphatic hydroxyl groups is 1. The SMILES string of the molecule is CC1C(=O)N(CC(O)c2ccccc2)C(=O)C1C. The van der Waals surface area contributed by atoms with E-state index in [1.807, 2.05) is 18.2 Å². The molecule has 0 saturated carbocycles. The normalized spacial score (nSPS) is 25.6. The van der Waals surface area contributed by atoms with Crippen molar-refractivity contribution in [2.75, 3.05) is 6.54 Å². The van der Waals surface area contributed by atoms with Gasteiger partial charge in [-0.2, -0.15) is 0 Å². The molecule has 4 nitrogen and oxygen atoms in total. The molecule has 1 aliphatic heterocycles. The highest BCUT2D eigenvalue weighted by Crippen LogP contribution is 2.27. The van der Waals surface area contributed by atoms with Gasteiger partial charge in [-0.15, -0.1) is 0 Å². The Kier molecular flexibility index (Phi) is 3.48. The van der Waals surface area contributed by atoms with Gasteiger partial charge >= 0.3 is 0 Å². The molecule has 0 radical (unpaired) electrons. The summed E-state index contributed by atoms with van der Waals surface area (Å²) < 4.78 is 0. The number of benzene rings is 1. The zero-order valence-electron chi connectivity index (χ0n) is 10.5. The molecule has 0 aromatic heterocycles. The summed E-state index contributed by atoms with van der Waals surface area (Å²) in [4.78, 5) is 24.9. The summed E-state index contributed by atoms with van der Waals surface area (Å²) >= 11 is 0. The first-order valence-electron chi connectivity index (χ1n) is 6.10. The Morgan fingerprint density at radius 3 is 2.11 bits per heavy atom. The molecular weight excluding hydrogens is 230 g/mol. The lowest BCUT2D eigenvalue weighted by molar-refractivity contribution is -0.141. The number of likely N-dealkylation sites (tertiary alicyclic amines) is 1.